The smallest absolute Gasteiger partial charge is 0.312 e. The average molecular weight is 371 g/mol. The van der Waals surface area contributed by atoms with Crippen LogP contribution in [-0.2, 0) is 9.59 Å². The van der Waals surface area contributed by atoms with Gasteiger partial charge in [-0.2, -0.15) is 0 Å². The van der Waals surface area contributed by atoms with E-state index in [4.69, 9.17) is 22.1 Å². The van der Waals surface area contributed by atoms with Gasteiger partial charge in [0.1, 0.15) is 11.8 Å². The standard InChI is InChI=1S/C16H23ClN4O4/c1-4-9(2)14(19-16(18)24)15(23)21-20-13(22)8-25-11-5-6-12(17)10(3)7-11/h5-7,9,14H,4,8H2,1-3H3,(H,20,22)(H,21,23)(H3,18,19,24). The lowest BCUT2D eigenvalue weighted by atomic mass is 9.99. The second kappa shape index (κ2) is 9.73. The quantitative estimate of drug-likeness (QED) is 0.539. The summed E-state index contributed by atoms with van der Waals surface area (Å²) in [6.07, 6.45) is 0.644. The summed E-state index contributed by atoms with van der Waals surface area (Å²) < 4.78 is 5.32. The molecule has 1 aromatic rings. The maximum Gasteiger partial charge on any atom is 0.312 e. The van der Waals surface area contributed by atoms with E-state index in [0.717, 1.165) is 5.56 Å². The number of rotatable bonds is 7. The maximum atomic E-state index is 12.1. The Morgan fingerprint density at radius 1 is 1.28 bits per heavy atom. The number of nitrogens with two attached hydrogens (primary N) is 1. The van der Waals surface area contributed by atoms with Crippen LogP contribution in [0.15, 0.2) is 18.2 Å². The Labute approximate surface area is 151 Å². The van der Waals surface area contributed by atoms with Crippen molar-refractivity contribution >= 4 is 29.4 Å². The summed E-state index contributed by atoms with van der Waals surface area (Å²) in [6.45, 7) is 5.18. The van der Waals surface area contributed by atoms with Crippen molar-refractivity contribution in [3.05, 3.63) is 28.8 Å². The molecule has 0 radical (unpaired) electrons. The number of hydrogen-bond donors (Lipinski definition) is 4. The second-order valence-corrected chi connectivity index (χ2v) is 6.02. The summed E-state index contributed by atoms with van der Waals surface area (Å²) in [5.74, 6) is -0.791. The summed E-state index contributed by atoms with van der Waals surface area (Å²) in [7, 11) is 0. The molecular formula is C16H23ClN4O4. The minimum Gasteiger partial charge on any atom is -0.484 e. The Balaban J connectivity index is 2.49. The summed E-state index contributed by atoms with van der Waals surface area (Å²) in [5.41, 5.74) is 10.4. The zero-order valence-electron chi connectivity index (χ0n) is 14.4. The van der Waals surface area contributed by atoms with Crippen LogP contribution in [0.2, 0.25) is 5.02 Å². The third-order valence-electron chi connectivity index (χ3n) is 3.62. The van der Waals surface area contributed by atoms with Gasteiger partial charge in [0.05, 0.1) is 0 Å². The molecule has 0 bridgehead atoms. The molecule has 0 aliphatic heterocycles. The number of aryl methyl sites for hydroxylation is 1. The van der Waals surface area contributed by atoms with E-state index in [1.165, 1.54) is 0 Å². The van der Waals surface area contributed by atoms with E-state index in [2.05, 4.69) is 16.2 Å². The lowest BCUT2D eigenvalue weighted by Gasteiger charge is -2.22. The van der Waals surface area contributed by atoms with Crippen LogP contribution in [0.3, 0.4) is 0 Å². The second-order valence-electron chi connectivity index (χ2n) is 5.61. The fourth-order valence-corrected chi connectivity index (χ4v) is 2.07. The predicted molar refractivity (Wildman–Crippen MR) is 93.9 cm³/mol. The molecule has 1 aromatic carbocycles. The van der Waals surface area contributed by atoms with Gasteiger partial charge in [0, 0.05) is 5.02 Å². The van der Waals surface area contributed by atoms with E-state index >= 15 is 0 Å². The van der Waals surface area contributed by atoms with E-state index in [9.17, 15) is 14.4 Å². The van der Waals surface area contributed by atoms with Gasteiger partial charge in [0.2, 0.25) is 0 Å². The minimum atomic E-state index is -0.845. The number of primary amides is 1. The molecule has 2 unspecified atom stereocenters. The molecule has 4 amide bonds. The number of carbonyl (C=O) groups is 3. The lowest BCUT2D eigenvalue weighted by Crippen LogP contribution is -2.56. The van der Waals surface area contributed by atoms with Crippen molar-refractivity contribution in [1.82, 2.24) is 16.2 Å². The molecular weight excluding hydrogens is 348 g/mol. The SMILES string of the molecule is CCC(C)C(NC(N)=O)C(=O)NNC(=O)COc1ccc(Cl)c(C)c1. The first-order valence-corrected chi connectivity index (χ1v) is 8.16. The average Bonchev–Trinajstić information content (AvgIpc) is 2.57. The molecule has 2 atom stereocenters. The van der Waals surface area contributed by atoms with Crippen molar-refractivity contribution in [2.24, 2.45) is 11.7 Å². The molecule has 0 aromatic heterocycles. The van der Waals surface area contributed by atoms with Gasteiger partial charge in [0.25, 0.3) is 11.8 Å². The van der Waals surface area contributed by atoms with Crippen LogP contribution in [0.5, 0.6) is 5.75 Å². The Kier molecular flexibility index (Phi) is 8.00. The van der Waals surface area contributed by atoms with Crippen LogP contribution in [0.25, 0.3) is 0 Å². The number of carbonyl (C=O) groups excluding carboxylic acids is 3. The van der Waals surface area contributed by atoms with Gasteiger partial charge in [-0.05, 0) is 36.6 Å². The summed E-state index contributed by atoms with van der Waals surface area (Å²) in [6, 6.07) is 3.34. The summed E-state index contributed by atoms with van der Waals surface area (Å²) >= 11 is 5.91. The molecule has 0 heterocycles. The van der Waals surface area contributed by atoms with Crippen molar-refractivity contribution in [3.8, 4) is 5.75 Å². The first-order valence-electron chi connectivity index (χ1n) is 7.78. The fraction of sp³-hybridized carbons (Fsp3) is 0.438. The molecule has 0 spiro atoms. The van der Waals surface area contributed by atoms with Crippen molar-refractivity contribution < 1.29 is 19.1 Å². The van der Waals surface area contributed by atoms with E-state index in [1.54, 1.807) is 25.1 Å². The van der Waals surface area contributed by atoms with Crippen LogP contribution >= 0.6 is 11.6 Å². The zero-order chi connectivity index (χ0) is 19.0. The van der Waals surface area contributed by atoms with Crippen molar-refractivity contribution in [1.29, 1.82) is 0 Å². The fourth-order valence-electron chi connectivity index (χ4n) is 1.96. The van der Waals surface area contributed by atoms with Crippen LogP contribution in [0.1, 0.15) is 25.8 Å². The highest BCUT2D eigenvalue weighted by Crippen LogP contribution is 2.20. The predicted octanol–water partition coefficient (Wildman–Crippen LogP) is 1.26. The minimum absolute atomic E-state index is 0.155. The molecule has 0 aliphatic carbocycles. The highest BCUT2D eigenvalue weighted by molar-refractivity contribution is 6.31. The Bertz CT molecular complexity index is 639. The van der Waals surface area contributed by atoms with E-state index < -0.39 is 23.9 Å². The summed E-state index contributed by atoms with van der Waals surface area (Å²) in [5, 5.41) is 2.95. The Morgan fingerprint density at radius 3 is 2.52 bits per heavy atom. The lowest BCUT2D eigenvalue weighted by molar-refractivity contribution is -0.131. The monoisotopic (exact) mass is 370 g/mol. The largest absolute Gasteiger partial charge is 0.484 e. The van der Waals surface area contributed by atoms with Crippen LogP contribution in [0, 0.1) is 12.8 Å². The van der Waals surface area contributed by atoms with Crippen molar-refractivity contribution in [2.45, 2.75) is 33.2 Å². The molecule has 0 fully saturated rings. The van der Waals surface area contributed by atoms with Gasteiger partial charge >= 0.3 is 6.03 Å². The van der Waals surface area contributed by atoms with Gasteiger partial charge < -0.3 is 15.8 Å². The third-order valence-corrected chi connectivity index (χ3v) is 4.04. The van der Waals surface area contributed by atoms with E-state index in [-0.39, 0.29) is 12.5 Å². The van der Waals surface area contributed by atoms with E-state index in [0.29, 0.717) is 17.2 Å². The Morgan fingerprint density at radius 2 is 1.96 bits per heavy atom. The molecule has 9 heteroatoms. The highest BCUT2D eigenvalue weighted by atomic mass is 35.5. The van der Waals surface area contributed by atoms with Gasteiger partial charge in [-0.15, -0.1) is 0 Å². The number of ether oxygens (including phenoxy) is 1. The number of halogens is 1. The van der Waals surface area contributed by atoms with Gasteiger partial charge in [-0.25, -0.2) is 4.79 Å². The van der Waals surface area contributed by atoms with Crippen molar-refractivity contribution in [3.63, 3.8) is 0 Å². The van der Waals surface area contributed by atoms with Crippen LogP contribution in [-0.4, -0.2) is 30.5 Å². The molecule has 5 N–H and O–H groups in total. The van der Waals surface area contributed by atoms with Gasteiger partial charge in [-0.1, -0.05) is 31.9 Å². The third kappa shape index (κ3) is 6.88. The maximum absolute atomic E-state index is 12.1. The number of hydrazine groups is 1. The van der Waals surface area contributed by atoms with E-state index in [1.807, 2.05) is 13.8 Å². The summed E-state index contributed by atoms with van der Waals surface area (Å²) in [4.78, 5) is 34.9. The number of hydrogen-bond acceptors (Lipinski definition) is 4. The molecule has 8 nitrogen and oxygen atoms in total. The number of nitrogens with one attached hydrogen (secondary N) is 3. The molecule has 25 heavy (non-hydrogen) atoms. The van der Waals surface area contributed by atoms with Crippen LogP contribution < -0.4 is 26.6 Å². The number of urea groups is 1. The molecule has 0 saturated heterocycles. The molecule has 138 valence electrons. The van der Waals surface area contributed by atoms with Crippen LogP contribution in [0.4, 0.5) is 4.79 Å². The van der Waals surface area contributed by atoms with Gasteiger partial charge in [0.15, 0.2) is 6.61 Å². The molecule has 0 aliphatic rings. The number of benzene rings is 1. The number of amides is 4. The Hall–Kier alpha value is -2.48. The molecule has 1 rings (SSSR count). The molecule has 0 saturated carbocycles. The topological polar surface area (TPSA) is 123 Å². The normalized spacial score (nSPS) is 12.6. The first-order chi connectivity index (χ1) is 11.7. The zero-order valence-corrected chi connectivity index (χ0v) is 15.1. The van der Waals surface area contributed by atoms with Gasteiger partial charge in [-0.3, -0.25) is 20.4 Å². The first kappa shape index (κ1) is 20.6. The van der Waals surface area contributed by atoms with Crippen molar-refractivity contribution in [2.75, 3.05) is 6.61 Å². The highest BCUT2D eigenvalue weighted by Gasteiger charge is 2.25.